The lowest BCUT2D eigenvalue weighted by molar-refractivity contribution is 0.0252. The number of hydrogen-bond donors (Lipinski definition) is 1. The molecule has 0 saturated heterocycles. The van der Waals surface area contributed by atoms with Crippen LogP contribution in [0.25, 0.3) is 0 Å². The summed E-state index contributed by atoms with van der Waals surface area (Å²) in [4.78, 5) is 25.4. The molecule has 0 aliphatic carbocycles. The van der Waals surface area contributed by atoms with Crippen LogP contribution in [0.4, 0.5) is 5.69 Å². The lowest BCUT2D eigenvalue weighted by Gasteiger charge is -2.25. The Labute approximate surface area is 170 Å². The normalized spacial score (nSPS) is 15.4. The molecule has 4 rings (SSSR count). The van der Waals surface area contributed by atoms with Crippen molar-refractivity contribution >= 4 is 17.6 Å². The van der Waals surface area contributed by atoms with Crippen LogP contribution in [0.2, 0.25) is 0 Å². The minimum atomic E-state index is -0.348. The number of hydrogen-bond acceptors (Lipinski definition) is 3. The molecule has 1 atom stereocenters. The summed E-state index contributed by atoms with van der Waals surface area (Å²) in [6.07, 6.45) is 1.06. The van der Waals surface area contributed by atoms with E-state index in [1.807, 2.05) is 61.5 Å². The highest BCUT2D eigenvalue weighted by atomic mass is 16.5. The third kappa shape index (κ3) is 3.79. The number of benzene rings is 3. The Morgan fingerprint density at radius 1 is 1.07 bits per heavy atom. The van der Waals surface area contributed by atoms with E-state index >= 15 is 0 Å². The Balaban J connectivity index is 1.61. The van der Waals surface area contributed by atoms with Crippen molar-refractivity contribution in [3.05, 3.63) is 100 Å². The van der Waals surface area contributed by atoms with Crippen LogP contribution in [0, 0.1) is 6.92 Å². The molecule has 0 spiro atoms. The van der Waals surface area contributed by atoms with E-state index in [1.165, 1.54) is 0 Å². The molecule has 0 saturated carbocycles. The smallest absolute Gasteiger partial charge is 0.339 e. The van der Waals surface area contributed by atoms with E-state index in [4.69, 9.17) is 4.74 Å². The first-order valence-electron chi connectivity index (χ1n) is 9.85. The fourth-order valence-corrected chi connectivity index (χ4v) is 3.78. The number of carbonyl (C=O) groups is 2. The van der Waals surface area contributed by atoms with Crippen molar-refractivity contribution in [3.8, 4) is 0 Å². The van der Waals surface area contributed by atoms with Gasteiger partial charge in [-0.2, -0.15) is 0 Å². The molecule has 4 heteroatoms. The lowest BCUT2D eigenvalue weighted by atomic mass is 9.93. The van der Waals surface area contributed by atoms with Crippen molar-refractivity contribution in [2.75, 3.05) is 5.32 Å². The summed E-state index contributed by atoms with van der Waals surface area (Å²) >= 11 is 0. The number of carbonyl (C=O) groups excluding carboxylic acids is 2. The first kappa shape index (κ1) is 18.9. The van der Waals surface area contributed by atoms with Crippen molar-refractivity contribution in [2.24, 2.45) is 0 Å². The van der Waals surface area contributed by atoms with Crippen molar-refractivity contribution in [1.82, 2.24) is 0 Å². The van der Waals surface area contributed by atoms with Gasteiger partial charge in [0.2, 0.25) is 0 Å². The van der Waals surface area contributed by atoms with E-state index in [1.54, 1.807) is 12.1 Å². The zero-order chi connectivity index (χ0) is 20.4. The van der Waals surface area contributed by atoms with E-state index in [0.717, 1.165) is 34.4 Å². The second-order valence-corrected chi connectivity index (χ2v) is 7.30. The molecule has 146 valence electrons. The number of rotatable bonds is 4. The summed E-state index contributed by atoms with van der Waals surface area (Å²) in [5, 5.41) is 3.05. The van der Waals surface area contributed by atoms with Gasteiger partial charge in [0.1, 0.15) is 6.10 Å². The number of amides is 1. The minimum Gasteiger partial charge on any atom is -0.454 e. The largest absolute Gasteiger partial charge is 0.454 e. The Kier molecular flexibility index (Phi) is 5.17. The van der Waals surface area contributed by atoms with Gasteiger partial charge in [-0.1, -0.05) is 55.5 Å². The molecule has 1 heterocycles. The predicted molar refractivity (Wildman–Crippen MR) is 113 cm³/mol. The monoisotopic (exact) mass is 385 g/mol. The van der Waals surface area contributed by atoms with Gasteiger partial charge in [-0.15, -0.1) is 0 Å². The fourth-order valence-electron chi connectivity index (χ4n) is 3.78. The third-order valence-corrected chi connectivity index (χ3v) is 5.39. The zero-order valence-electron chi connectivity index (χ0n) is 16.6. The number of fused-ring (bicyclic) bond motifs is 1. The van der Waals surface area contributed by atoms with E-state index < -0.39 is 0 Å². The van der Waals surface area contributed by atoms with Crippen molar-refractivity contribution < 1.29 is 14.3 Å². The lowest BCUT2D eigenvalue weighted by Crippen LogP contribution is -2.23. The van der Waals surface area contributed by atoms with Gasteiger partial charge in [-0.25, -0.2) is 4.79 Å². The molecule has 1 aliphatic heterocycles. The molecule has 0 aromatic heterocycles. The number of esters is 1. The second-order valence-electron chi connectivity index (χ2n) is 7.30. The molecule has 3 aromatic carbocycles. The fraction of sp³-hybridized carbons (Fsp3) is 0.200. The zero-order valence-corrected chi connectivity index (χ0v) is 16.6. The molecule has 0 bridgehead atoms. The van der Waals surface area contributed by atoms with Gasteiger partial charge in [0, 0.05) is 17.7 Å². The third-order valence-electron chi connectivity index (χ3n) is 5.39. The quantitative estimate of drug-likeness (QED) is 0.623. The summed E-state index contributed by atoms with van der Waals surface area (Å²) in [7, 11) is 0. The maximum Gasteiger partial charge on any atom is 0.339 e. The number of cyclic esters (lactones) is 1. The average Bonchev–Trinajstić information content (AvgIpc) is 2.75. The van der Waals surface area contributed by atoms with Gasteiger partial charge >= 0.3 is 5.97 Å². The van der Waals surface area contributed by atoms with Crippen molar-refractivity contribution in [3.63, 3.8) is 0 Å². The van der Waals surface area contributed by atoms with E-state index in [9.17, 15) is 9.59 Å². The van der Waals surface area contributed by atoms with Gasteiger partial charge in [0.15, 0.2) is 0 Å². The average molecular weight is 385 g/mol. The Morgan fingerprint density at radius 3 is 2.62 bits per heavy atom. The maximum atomic E-state index is 12.9. The highest BCUT2D eigenvalue weighted by molar-refractivity contribution is 6.06. The molecule has 0 radical (unpaired) electrons. The molecule has 1 N–H and O–H groups in total. The number of para-hydroxylation sites is 1. The van der Waals surface area contributed by atoms with Crippen LogP contribution in [-0.4, -0.2) is 11.9 Å². The summed E-state index contributed by atoms with van der Waals surface area (Å²) < 4.78 is 5.60. The van der Waals surface area contributed by atoms with Gasteiger partial charge in [-0.05, 0) is 53.8 Å². The Hall–Kier alpha value is -3.40. The van der Waals surface area contributed by atoms with Crippen molar-refractivity contribution in [2.45, 2.75) is 32.8 Å². The van der Waals surface area contributed by atoms with Gasteiger partial charge in [0.05, 0.1) is 5.56 Å². The molecule has 1 amide bonds. The highest BCUT2D eigenvalue weighted by Gasteiger charge is 2.28. The van der Waals surface area contributed by atoms with Crippen LogP contribution in [0.15, 0.2) is 66.7 Å². The van der Waals surface area contributed by atoms with Gasteiger partial charge in [0.25, 0.3) is 5.91 Å². The molecule has 1 aliphatic rings. The standard InChI is InChI=1S/C25H23NO3/c1-3-17-11-7-8-16(2)23(17)26-24(27)19-12-13-21-20(14-19)15-22(29-25(21)28)18-9-5-4-6-10-18/h4-14,22H,3,15H2,1-2H3,(H,26,27)/t22-/m1/s1. The first-order valence-corrected chi connectivity index (χ1v) is 9.85. The van der Waals surface area contributed by atoms with Gasteiger partial charge in [-0.3, -0.25) is 4.79 Å². The molecule has 29 heavy (non-hydrogen) atoms. The molecule has 0 unspecified atom stereocenters. The topological polar surface area (TPSA) is 55.4 Å². The number of aryl methyl sites for hydroxylation is 2. The van der Waals surface area contributed by atoms with E-state index in [2.05, 4.69) is 12.2 Å². The summed E-state index contributed by atoms with van der Waals surface area (Å²) in [5.74, 6) is -0.522. The Morgan fingerprint density at radius 2 is 1.86 bits per heavy atom. The van der Waals surface area contributed by atoms with Crippen LogP contribution in [0.1, 0.15) is 56.0 Å². The summed E-state index contributed by atoms with van der Waals surface area (Å²) in [5.41, 5.74) is 5.85. The van der Waals surface area contributed by atoms with E-state index in [-0.39, 0.29) is 18.0 Å². The van der Waals surface area contributed by atoms with Crippen LogP contribution in [0.5, 0.6) is 0 Å². The highest BCUT2D eigenvalue weighted by Crippen LogP contribution is 2.31. The Bertz CT molecular complexity index is 1070. The second kappa shape index (κ2) is 7.92. The van der Waals surface area contributed by atoms with Crippen LogP contribution in [0.3, 0.4) is 0 Å². The number of nitrogens with one attached hydrogen (secondary N) is 1. The SMILES string of the molecule is CCc1cccc(C)c1NC(=O)c1ccc2c(c1)C[C@H](c1ccccc1)OC2=O. The number of anilines is 1. The van der Waals surface area contributed by atoms with Crippen LogP contribution in [-0.2, 0) is 17.6 Å². The number of ether oxygens (including phenoxy) is 1. The van der Waals surface area contributed by atoms with Crippen LogP contribution < -0.4 is 5.32 Å². The van der Waals surface area contributed by atoms with Crippen molar-refractivity contribution in [1.29, 1.82) is 0 Å². The van der Waals surface area contributed by atoms with Crippen LogP contribution >= 0.6 is 0 Å². The summed E-state index contributed by atoms with van der Waals surface area (Å²) in [6.45, 7) is 4.06. The predicted octanol–water partition coefficient (Wildman–Crippen LogP) is 5.26. The van der Waals surface area contributed by atoms with E-state index in [0.29, 0.717) is 17.5 Å². The molecule has 0 fully saturated rings. The molecular weight excluding hydrogens is 362 g/mol. The van der Waals surface area contributed by atoms with Gasteiger partial charge < -0.3 is 10.1 Å². The molecule has 3 aromatic rings. The minimum absolute atomic E-state index is 0.174. The molecular formula is C25H23NO3. The summed E-state index contributed by atoms with van der Waals surface area (Å²) in [6, 6.07) is 20.9. The first-order chi connectivity index (χ1) is 14.1. The molecule has 4 nitrogen and oxygen atoms in total. The maximum absolute atomic E-state index is 12.9.